The zero-order valence-corrected chi connectivity index (χ0v) is 12.3. The van der Waals surface area contributed by atoms with Gasteiger partial charge in [-0.05, 0) is 19.1 Å². The van der Waals surface area contributed by atoms with E-state index in [9.17, 15) is 4.79 Å². The third kappa shape index (κ3) is 3.26. The van der Waals surface area contributed by atoms with E-state index in [1.54, 1.807) is 11.7 Å². The van der Waals surface area contributed by atoms with Crippen LogP contribution in [0.2, 0.25) is 0 Å². The van der Waals surface area contributed by atoms with Crippen LogP contribution in [0.3, 0.4) is 0 Å². The van der Waals surface area contributed by atoms with Crippen molar-refractivity contribution in [2.75, 3.05) is 20.3 Å². The van der Waals surface area contributed by atoms with E-state index in [4.69, 9.17) is 16.3 Å². The number of amides is 1. The third-order valence-corrected chi connectivity index (χ3v) is 3.10. The Morgan fingerprint density at radius 3 is 2.95 bits per heavy atom. The highest BCUT2D eigenvalue weighted by atomic mass is 35.5. The van der Waals surface area contributed by atoms with Crippen molar-refractivity contribution in [1.82, 2.24) is 19.9 Å². The lowest BCUT2D eigenvalue weighted by atomic mass is 10.3. The third-order valence-electron chi connectivity index (χ3n) is 2.86. The molecule has 0 unspecified atom stereocenters. The molecule has 7 heteroatoms. The van der Waals surface area contributed by atoms with Gasteiger partial charge < -0.3 is 14.6 Å². The number of carbonyl (C=O) groups is 1. The normalized spacial score (nSPS) is 10.9. The molecule has 20 heavy (non-hydrogen) atoms. The lowest BCUT2D eigenvalue weighted by Gasteiger charge is -2.08. The molecule has 0 aliphatic heterocycles. The van der Waals surface area contributed by atoms with Gasteiger partial charge in [0.05, 0.1) is 12.5 Å². The SMILES string of the molecule is COCCNC(=O)Cn1c(CCl)nc2ccc(C)nc21. The molecule has 2 rings (SSSR count). The van der Waals surface area contributed by atoms with E-state index in [1.165, 1.54) is 0 Å². The Kier molecular flexibility index (Phi) is 4.92. The molecule has 1 amide bonds. The van der Waals surface area contributed by atoms with E-state index in [0.717, 1.165) is 11.2 Å². The molecule has 0 radical (unpaired) electrons. The van der Waals surface area contributed by atoms with Gasteiger partial charge in [0.15, 0.2) is 5.65 Å². The lowest BCUT2D eigenvalue weighted by Crippen LogP contribution is -2.30. The maximum atomic E-state index is 11.9. The minimum Gasteiger partial charge on any atom is -0.383 e. The molecule has 0 aromatic carbocycles. The standard InChI is InChI=1S/C13H17ClN4O2/c1-9-3-4-10-13(16-9)18(11(7-14)17-10)8-12(19)15-5-6-20-2/h3-4H,5-8H2,1-2H3,(H,15,19). The fourth-order valence-electron chi connectivity index (χ4n) is 1.90. The molecule has 0 aliphatic rings. The van der Waals surface area contributed by atoms with Crippen molar-refractivity contribution >= 4 is 28.7 Å². The van der Waals surface area contributed by atoms with Gasteiger partial charge in [0.1, 0.15) is 17.9 Å². The molecular weight excluding hydrogens is 280 g/mol. The molecule has 6 nitrogen and oxygen atoms in total. The lowest BCUT2D eigenvalue weighted by molar-refractivity contribution is -0.121. The number of pyridine rings is 1. The summed E-state index contributed by atoms with van der Waals surface area (Å²) in [5, 5.41) is 2.77. The van der Waals surface area contributed by atoms with E-state index < -0.39 is 0 Å². The molecule has 0 bridgehead atoms. The van der Waals surface area contributed by atoms with Gasteiger partial charge in [0.2, 0.25) is 5.91 Å². The highest BCUT2D eigenvalue weighted by Gasteiger charge is 2.14. The van der Waals surface area contributed by atoms with Crippen molar-refractivity contribution in [2.24, 2.45) is 0 Å². The average Bonchev–Trinajstić information content (AvgIpc) is 2.77. The first-order chi connectivity index (χ1) is 9.65. The van der Waals surface area contributed by atoms with Gasteiger partial charge in [-0.3, -0.25) is 4.79 Å². The fraction of sp³-hybridized carbons (Fsp3) is 0.462. The van der Waals surface area contributed by atoms with Crippen molar-refractivity contribution in [3.8, 4) is 0 Å². The Bertz CT molecular complexity index is 612. The number of hydrogen-bond acceptors (Lipinski definition) is 4. The molecule has 0 spiro atoms. The summed E-state index contributed by atoms with van der Waals surface area (Å²) in [7, 11) is 1.59. The minimum atomic E-state index is -0.115. The number of rotatable bonds is 6. The van der Waals surface area contributed by atoms with Crippen LogP contribution in [-0.2, 0) is 22.0 Å². The van der Waals surface area contributed by atoms with Gasteiger partial charge in [-0.1, -0.05) is 0 Å². The van der Waals surface area contributed by atoms with Gasteiger partial charge in [-0.25, -0.2) is 9.97 Å². The number of nitrogens with one attached hydrogen (secondary N) is 1. The number of imidazole rings is 1. The Hall–Kier alpha value is -1.66. The van der Waals surface area contributed by atoms with Crippen LogP contribution in [0.25, 0.3) is 11.2 Å². The van der Waals surface area contributed by atoms with E-state index in [1.807, 2.05) is 19.1 Å². The smallest absolute Gasteiger partial charge is 0.240 e. The molecular formula is C13H17ClN4O2. The van der Waals surface area contributed by atoms with Crippen LogP contribution in [0.5, 0.6) is 0 Å². The maximum Gasteiger partial charge on any atom is 0.240 e. The van der Waals surface area contributed by atoms with Crippen molar-refractivity contribution in [3.05, 3.63) is 23.7 Å². The molecule has 0 atom stereocenters. The second-order valence-electron chi connectivity index (χ2n) is 4.39. The van der Waals surface area contributed by atoms with Crippen LogP contribution in [0.15, 0.2) is 12.1 Å². The van der Waals surface area contributed by atoms with Crippen LogP contribution < -0.4 is 5.32 Å². The molecule has 0 fully saturated rings. The minimum absolute atomic E-state index is 0.115. The summed E-state index contributed by atoms with van der Waals surface area (Å²) in [5.74, 6) is 0.762. The zero-order valence-electron chi connectivity index (χ0n) is 11.5. The molecule has 0 aliphatic carbocycles. The monoisotopic (exact) mass is 296 g/mol. The summed E-state index contributed by atoms with van der Waals surface area (Å²) in [6.45, 7) is 3.01. The van der Waals surface area contributed by atoms with Crippen LogP contribution in [0.1, 0.15) is 11.5 Å². The number of methoxy groups -OCH3 is 1. The van der Waals surface area contributed by atoms with Gasteiger partial charge in [0.25, 0.3) is 0 Å². The number of aryl methyl sites for hydroxylation is 1. The number of fused-ring (bicyclic) bond motifs is 1. The van der Waals surface area contributed by atoms with E-state index in [-0.39, 0.29) is 18.3 Å². The van der Waals surface area contributed by atoms with Gasteiger partial charge in [-0.15, -0.1) is 11.6 Å². The van der Waals surface area contributed by atoms with Crippen LogP contribution in [-0.4, -0.2) is 40.7 Å². The molecule has 2 aromatic rings. The summed E-state index contributed by atoms with van der Waals surface area (Å²) in [5.41, 5.74) is 2.30. The Morgan fingerprint density at radius 2 is 2.25 bits per heavy atom. The predicted molar refractivity (Wildman–Crippen MR) is 76.7 cm³/mol. The Balaban J connectivity index is 2.23. The van der Waals surface area contributed by atoms with Crippen LogP contribution in [0, 0.1) is 6.92 Å². The van der Waals surface area contributed by atoms with Crippen molar-refractivity contribution in [3.63, 3.8) is 0 Å². The predicted octanol–water partition coefficient (Wildman–Crippen LogP) is 1.24. The average molecular weight is 297 g/mol. The number of hydrogen-bond donors (Lipinski definition) is 1. The highest BCUT2D eigenvalue weighted by molar-refractivity contribution is 6.16. The number of aromatic nitrogens is 3. The largest absolute Gasteiger partial charge is 0.383 e. The number of nitrogens with zero attached hydrogens (tertiary/aromatic N) is 3. The first kappa shape index (κ1) is 14.7. The molecule has 0 saturated carbocycles. The first-order valence-corrected chi connectivity index (χ1v) is 6.83. The first-order valence-electron chi connectivity index (χ1n) is 6.30. The number of halogens is 1. The second-order valence-corrected chi connectivity index (χ2v) is 4.65. The van der Waals surface area contributed by atoms with Crippen LogP contribution >= 0.6 is 11.6 Å². The molecule has 0 saturated heterocycles. The van der Waals surface area contributed by atoms with Gasteiger partial charge in [-0.2, -0.15) is 0 Å². The van der Waals surface area contributed by atoms with Gasteiger partial charge >= 0.3 is 0 Å². The molecule has 1 N–H and O–H groups in total. The summed E-state index contributed by atoms with van der Waals surface area (Å²) in [6.07, 6.45) is 0. The zero-order chi connectivity index (χ0) is 14.5. The highest BCUT2D eigenvalue weighted by Crippen LogP contribution is 2.16. The second kappa shape index (κ2) is 6.67. The van der Waals surface area contributed by atoms with E-state index in [0.29, 0.717) is 24.6 Å². The summed E-state index contributed by atoms with van der Waals surface area (Å²) < 4.78 is 6.64. The molecule has 2 aromatic heterocycles. The molecule has 108 valence electrons. The Labute approximate surface area is 122 Å². The molecule has 2 heterocycles. The van der Waals surface area contributed by atoms with Crippen LogP contribution in [0.4, 0.5) is 0 Å². The summed E-state index contributed by atoms with van der Waals surface area (Å²) in [4.78, 5) is 20.7. The quantitative estimate of drug-likeness (QED) is 0.643. The van der Waals surface area contributed by atoms with Crippen molar-refractivity contribution in [1.29, 1.82) is 0 Å². The van der Waals surface area contributed by atoms with E-state index in [2.05, 4.69) is 15.3 Å². The van der Waals surface area contributed by atoms with Crippen molar-refractivity contribution in [2.45, 2.75) is 19.3 Å². The van der Waals surface area contributed by atoms with E-state index >= 15 is 0 Å². The Morgan fingerprint density at radius 1 is 1.45 bits per heavy atom. The van der Waals surface area contributed by atoms with Crippen molar-refractivity contribution < 1.29 is 9.53 Å². The van der Waals surface area contributed by atoms with Gasteiger partial charge in [0, 0.05) is 19.3 Å². The number of alkyl halides is 1. The number of carbonyl (C=O) groups excluding carboxylic acids is 1. The summed E-state index contributed by atoms with van der Waals surface area (Å²) in [6, 6.07) is 3.77. The summed E-state index contributed by atoms with van der Waals surface area (Å²) >= 11 is 5.89. The topological polar surface area (TPSA) is 69.0 Å². The number of ether oxygens (including phenoxy) is 1. The fourth-order valence-corrected chi connectivity index (χ4v) is 2.11. The maximum absolute atomic E-state index is 11.9.